The first-order valence-corrected chi connectivity index (χ1v) is 6.76. The summed E-state index contributed by atoms with van der Waals surface area (Å²) in [7, 11) is 1.56. The number of carbonyl (C=O) groups excluding carboxylic acids is 1. The molecule has 1 saturated carbocycles. The molecule has 1 aromatic rings. The molecule has 1 aliphatic rings. The second kappa shape index (κ2) is 6.41. The number of carbonyl (C=O) groups is 1. The summed E-state index contributed by atoms with van der Waals surface area (Å²) < 4.78 is 4.97. The second-order valence-corrected chi connectivity index (χ2v) is 5.06. The van der Waals surface area contributed by atoms with E-state index in [-0.39, 0.29) is 12.1 Å². The fraction of sp³-hybridized carbons (Fsp3) is 0.571. The highest BCUT2D eigenvalue weighted by atomic mass is 16.5. The lowest BCUT2D eigenvalue weighted by Gasteiger charge is -2.29. The molecule has 0 aliphatic heterocycles. The first-order chi connectivity index (χ1) is 9.19. The number of anilines is 1. The Hall–Kier alpha value is -1.78. The van der Waals surface area contributed by atoms with Gasteiger partial charge in [-0.1, -0.05) is 19.8 Å². The summed E-state index contributed by atoms with van der Waals surface area (Å²) >= 11 is 0. The van der Waals surface area contributed by atoms with Crippen LogP contribution in [0.1, 0.15) is 32.6 Å². The number of pyridine rings is 1. The van der Waals surface area contributed by atoms with Gasteiger partial charge in [0, 0.05) is 12.1 Å². The fourth-order valence-corrected chi connectivity index (χ4v) is 2.44. The number of aromatic nitrogens is 1. The largest absolute Gasteiger partial charge is 0.481 e. The molecule has 1 aliphatic carbocycles. The van der Waals surface area contributed by atoms with Crippen LogP contribution in [-0.2, 0) is 0 Å². The smallest absolute Gasteiger partial charge is 0.319 e. The SMILES string of the molecule is COc1ccc(NC(=O)NC2CCCCC2C)cn1. The molecule has 19 heavy (non-hydrogen) atoms. The fourth-order valence-electron chi connectivity index (χ4n) is 2.44. The second-order valence-electron chi connectivity index (χ2n) is 5.06. The van der Waals surface area contributed by atoms with Crippen molar-refractivity contribution >= 4 is 11.7 Å². The van der Waals surface area contributed by atoms with Gasteiger partial charge in [0.25, 0.3) is 0 Å². The van der Waals surface area contributed by atoms with Crippen molar-refractivity contribution in [3.63, 3.8) is 0 Å². The maximum Gasteiger partial charge on any atom is 0.319 e. The number of amides is 2. The van der Waals surface area contributed by atoms with Gasteiger partial charge in [0.1, 0.15) is 0 Å². The molecule has 2 N–H and O–H groups in total. The zero-order valence-electron chi connectivity index (χ0n) is 11.5. The number of rotatable bonds is 3. The third-order valence-electron chi connectivity index (χ3n) is 3.63. The molecule has 0 bridgehead atoms. The highest BCUT2D eigenvalue weighted by Gasteiger charge is 2.22. The van der Waals surface area contributed by atoms with E-state index in [1.54, 1.807) is 25.4 Å². The van der Waals surface area contributed by atoms with Gasteiger partial charge in [-0.25, -0.2) is 9.78 Å². The molecule has 0 saturated heterocycles. The summed E-state index contributed by atoms with van der Waals surface area (Å²) in [5, 5.41) is 5.83. The molecule has 5 nitrogen and oxygen atoms in total. The van der Waals surface area contributed by atoms with Crippen molar-refractivity contribution in [1.82, 2.24) is 10.3 Å². The molecule has 104 valence electrons. The first kappa shape index (κ1) is 13.6. The third kappa shape index (κ3) is 3.84. The van der Waals surface area contributed by atoms with E-state index in [9.17, 15) is 4.79 Å². The van der Waals surface area contributed by atoms with Crippen LogP contribution < -0.4 is 15.4 Å². The number of ether oxygens (including phenoxy) is 1. The van der Waals surface area contributed by atoms with E-state index in [0.29, 0.717) is 17.5 Å². The molecular formula is C14H21N3O2. The zero-order valence-corrected chi connectivity index (χ0v) is 11.5. The van der Waals surface area contributed by atoms with Crippen molar-refractivity contribution in [2.24, 2.45) is 5.92 Å². The molecule has 0 spiro atoms. The summed E-state index contributed by atoms with van der Waals surface area (Å²) in [5.41, 5.74) is 0.668. The van der Waals surface area contributed by atoms with Gasteiger partial charge in [0.15, 0.2) is 0 Å². The average molecular weight is 263 g/mol. The van der Waals surface area contributed by atoms with Crippen molar-refractivity contribution in [3.05, 3.63) is 18.3 Å². The number of hydrogen-bond donors (Lipinski definition) is 2. The average Bonchev–Trinajstić information content (AvgIpc) is 2.42. The maximum atomic E-state index is 11.9. The lowest BCUT2D eigenvalue weighted by molar-refractivity contribution is 0.232. The molecular weight excluding hydrogens is 242 g/mol. The van der Waals surface area contributed by atoms with Crippen molar-refractivity contribution < 1.29 is 9.53 Å². The minimum Gasteiger partial charge on any atom is -0.481 e. The minimum atomic E-state index is -0.161. The maximum absolute atomic E-state index is 11.9. The Morgan fingerprint density at radius 1 is 1.37 bits per heavy atom. The molecule has 2 rings (SSSR count). The summed E-state index contributed by atoms with van der Waals surface area (Å²) in [5.74, 6) is 1.08. The van der Waals surface area contributed by atoms with Gasteiger partial charge in [-0.05, 0) is 24.8 Å². The van der Waals surface area contributed by atoms with Gasteiger partial charge in [-0.15, -0.1) is 0 Å². The van der Waals surface area contributed by atoms with Crippen LogP contribution in [0.2, 0.25) is 0 Å². The van der Waals surface area contributed by atoms with Gasteiger partial charge in [0.2, 0.25) is 5.88 Å². The number of urea groups is 1. The van der Waals surface area contributed by atoms with Gasteiger partial charge >= 0.3 is 6.03 Å². The predicted molar refractivity (Wildman–Crippen MR) is 74.4 cm³/mol. The predicted octanol–water partition coefficient (Wildman–Crippen LogP) is 2.79. The Kier molecular flexibility index (Phi) is 4.60. The van der Waals surface area contributed by atoms with E-state index < -0.39 is 0 Å². The van der Waals surface area contributed by atoms with E-state index in [4.69, 9.17) is 4.74 Å². The Labute approximate surface area is 113 Å². The van der Waals surface area contributed by atoms with Crippen LogP contribution in [0.3, 0.4) is 0 Å². The Balaban J connectivity index is 1.86. The van der Waals surface area contributed by atoms with Crippen molar-refractivity contribution in [3.8, 4) is 5.88 Å². The standard InChI is InChI=1S/C14H21N3O2/c1-10-5-3-4-6-12(10)17-14(18)16-11-7-8-13(19-2)15-9-11/h7-10,12H,3-6H2,1-2H3,(H2,16,17,18). The molecule has 1 aromatic heterocycles. The van der Waals surface area contributed by atoms with Crippen LogP contribution >= 0.6 is 0 Å². The summed E-state index contributed by atoms with van der Waals surface area (Å²) in [6, 6.07) is 3.61. The Bertz CT molecular complexity index is 419. The van der Waals surface area contributed by atoms with Crippen molar-refractivity contribution in [2.45, 2.75) is 38.6 Å². The highest BCUT2D eigenvalue weighted by Crippen LogP contribution is 2.23. The van der Waals surface area contributed by atoms with E-state index in [1.807, 2.05) is 0 Å². The number of nitrogens with one attached hydrogen (secondary N) is 2. The third-order valence-corrected chi connectivity index (χ3v) is 3.63. The topological polar surface area (TPSA) is 63.2 Å². The van der Waals surface area contributed by atoms with Crippen LogP contribution in [0, 0.1) is 5.92 Å². The van der Waals surface area contributed by atoms with Crippen molar-refractivity contribution in [1.29, 1.82) is 0 Å². The summed E-state index contributed by atoms with van der Waals surface area (Å²) in [6.45, 7) is 2.19. The molecule has 2 unspecified atom stereocenters. The Morgan fingerprint density at radius 2 is 2.16 bits per heavy atom. The first-order valence-electron chi connectivity index (χ1n) is 6.76. The molecule has 2 atom stereocenters. The van der Waals surface area contributed by atoms with Gasteiger partial charge in [-0.2, -0.15) is 0 Å². The van der Waals surface area contributed by atoms with Crippen LogP contribution in [0.25, 0.3) is 0 Å². The molecule has 2 amide bonds. The summed E-state index contributed by atoms with van der Waals surface area (Å²) in [4.78, 5) is 15.9. The van der Waals surface area contributed by atoms with Crippen molar-refractivity contribution in [2.75, 3.05) is 12.4 Å². The van der Waals surface area contributed by atoms with E-state index in [2.05, 4.69) is 22.5 Å². The molecule has 0 radical (unpaired) electrons. The quantitative estimate of drug-likeness (QED) is 0.881. The summed E-state index contributed by atoms with van der Waals surface area (Å²) in [6.07, 6.45) is 6.30. The van der Waals surface area contributed by atoms with Gasteiger partial charge < -0.3 is 15.4 Å². The monoisotopic (exact) mass is 263 g/mol. The molecule has 0 aromatic carbocycles. The van der Waals surface area contributed by atoms with E-state index in [0.717, 1.165) is 6.42 Å². The van der Waals surface area contributed by atoms with Gasteiger partial charge in [0.05, 0.1) is 19.0 Å². The molecule has 5 heteroatoms. The lowest BCUT2D eigenvalue weighted by Crippen LogP contribution is -2.43. The molecule has 1 heterocycles. The highest BCUT2D eigenvalue weighted by molar-refractivity contribution is 5.89. The van der Waals surface area contributed by atoms with E-state index in [1.165, 1.54) is 19.3 Å². The number of hydrogen-bond acceptors (Lipinski definition) is 3. The number of methoxy groups -OCH3 is 1. The minimum absolute atomic E-state index is 0.161. The Morgan fingerprint density at radius 3 is 2.79 bits per heavy atom. The van der Waals surface area contributed by atoms with Crippen LogP contribution in [0.15, 0.2) is 18.3 Å². The van der Waals surface area contributed by atoms with Crippen LogP contribution in [-0.4, -0.2) is 24.2 Å². The van der Waals surface area contributed by atoms with Crippen LogP contribution in [0.4, 0.5) is 10.5 Å². The van der Waals surface area contributed by atoms with Gasteiger partial charge in [-0.3, -0.25) is 0 Å². The van der Waals surface area contributed by atoms with E-state index >= 15 is 0 Å². The zero-order chi connectivity index (χ0) is 13.7. The number of nitrogens with zero attached hydrogens (tertiary/aromatic N) is 1. The van der Waals surface area contributed by atoms with Crippen LogP contribution in [0.5, 0.6) is 5.88 Å². The lowest BCUT2D eigenvalue weighted by atomic mass is 9.86. The normalized spacial score (nSPS) is 22.6. The molecule has 1 fully saturated rings.